The standard InChI is InChI=1S/C19H29N3O3S/c1-4-16(23)22-11-9-14(10-12-22)17(19(25)21(5-2)6-3)20-18(24)15-8-7-13-26-15/h7-8,13-14,17H,4-6,9-12H2,1-3H3,(H,20,24)/t17-/m0/s1. The molecule has 1 fully saturated rings. The zero-order valence-electron chi connectivity index (χ0n) is 15.9. The van der Waals surface area contributed by atoms with Crippen LogP contribution >= 0.6 is 11.3 Å². The number of rotatable bonds is 7. The fourth-order valence-corrected chi connectivity index (χ4v) is 4.07. The first kappa shape index (κ1) is 20.4. The Bertz CT molecular complexity index is 606. The Labute approximate surface area is 159 Å². The summed E-state index contributed by atoms with van der Waals surface area (Å²) in [5, 5.41) is 4.83. The molecule has 1 aromatic heterocycles. The van der Waals surface area contributed by atoms with Gasteiger partial charge >= 0.3 is 0 Å². The summed E-state index contributed by atoms with van der Waals surface area (Å²) in [6.07, 6.45) is 1.96. The average Bonchev–Trinajstić information content (AvgIpc) is 3.21. The van der Waals surface area contributed by atoms with E-state index in [2.05, 4.69) is 5.32 Å². The van der Waals surface area contributed by atoms with Gasteiger partial charge in [-0.1, -0.05) is 13.0 Å². The Morgan fingerprint density at radius 1 is 1.23 bits per heavy atom. The van der Waals surface area contributed by atoms with Crippen molar-refractivity contribution in [1.82, 2.24) is 15.1 Å². The van der Waals surface area contributed by atoms with Crippen LogP contribution in [0.25, 0.3) is 0 Å². The van der Waals surface area contributed by atoms with Gasteiger partial charge in [0.1, 0.15) is 6.04 Å². The number of likely N-dealkylation sites (N-methyl/N-ethyl adjacent to an activating group) is 1. The highest BCUT2D eigenvalue weighted by Crippen LogP contribution is 2.23. The molecule has 1 atom stereocenters. The van der Waals surface area contributed by atoms with E-state index >= 15 is 0 Å². The van der Waals surface area contributed by atoms with E-state index in [9.17, 15) is 14.4 Å². The van der Waals surface area contributed by atoms with Crippen molar-refractivity contribution < 1.29 is 14.4 Å². The molecule has 2 heterocycles. The maximum absolute atomic E-state index is 13.0. The molecule has 0 spiro atoms. The van der Waals surface area contributed by atoms with Gasteiger partial charge in [-0.25, -0.2) is 0 Å². The molecule has 1 aromatic rings. The lowest BCUT2D eigenvalue weighted by Crippen LogP contribution is -2.54. The quantitative estimate of drug-likeness (QED) is 0.791. The number of hydrogen-bond acceptors (Lipinski definition) is 4. The largest absolute Gasteiger partial charge is 0.343 e. The molecule has 7 heteroatoms. The van der Waals surface area contributed by atoms with Gasteiger partial charge in [0.25, 0.3) is 5.91 Å². The summed E-state index contributed by atoms with van der Waals surface area (Å²) in [6, 6.07) is 3.06. The van der Waals surface area contributed by atoms with E-state index in [1.54, 1.807) is 11.0 Å². The van der Waals surface area contributed by atoms with Crippen molar-refractivity contribution in [2.24, 2.45) is 5.92 Å². The lowest BCUT2D eigenvalue weighted by atomic mass is 9.88. The van der Waals surface area contributed by atoms with Crippen LogP contribution in [0.4, 0.5) is 0 Å². The summed E-state index contributed by atoms with van der Waals surface area (Å²) in [5.74, 6) is -0.0247. The molecule has 144 valence electrons. The fraction of sp³-hybridized carbons (Fsp3) is 0.632. The molecule has 0 radical (unpaired) electrons. The van der Waals surface area contributed by atoms with Gasteiger partial charge in [0.15, 0.2) is 0 Å². The van der Waals surface area contributed by atoms with Crippen molar-refractivity contribution >= 4 is 29.1 Å². The van der Waals surface area contributed by atoms with Crippen molar-refractivity contribution in [1.29, 1.82) is 0 Å². The lowest BCUT2D eigenvalue weighted by Gasteiger charge is -2.37. The highest BCUT2D eigenvalue weighted by molar-refractivity contribution is 7.12. The molecule has 3 amide bonds. The average molecular weight is 380 g/mol. The first-order valence-corrected chi connectivity index (χ1v) is 10.3. The zero-order chi connectivity index (χ0) is 19.1. The predicted molar refractivity (Wildman–Crippen MR) is 103 cm³/mol. The van der Waals surface area contributed by atoms with E-state index in [0.717, 1.165) is 12.8 Å². The maximum atomic E-state index is 13.0. The van der Waals surface area contributed by atoms with E-state index in [1.807, 2.05) is 37.1 Å². The van der Waals surface area contributed by atoms with E-state index in [4.69, 9.17) is 0 Å². The smallest absolute Gasteiger partial charge is 0.262 e. The van der Waals surface area contributed by atoms with Crippen molar-refractivity contribution in [3.63, 3.8) is 0 Å². The van der Waals surface area contributed by atoms with Gasteiger partial charge in [-0.15, -0.1) is 11.3 Å². The molecule has 1 N–H and O–H groups in total. The number of nitrogens with zero attached hydrogens (tertiary/aromatic N) is 2. The Morgan fingerprint density at radius 2 is 1.88 bits per heavy atom. The molecule has 2 rings (SSSR count). The minimum Gasteiger partial charge on any atom is -0.343 e. The van der Waals surface area contributed by atoms with Gasteiger partial charge < -0.3 is 15.1 Å². The third-order valence-corrected chi connectivity index (χ3v) is 5.91. The van der Waals surface area contributed by atoms with Gasteiger partial charge in [-0.3, -0.25) is 14.4 Å². The van der Waals surface area contributed by atoms with Crippen LogP contribution in [0.2, 0.25) is 0 Å². The van der Waals surface area contributed by atoms with E-state index < -0.39 is 6.04 Å². The molecule has 26 heavy (non-hydrogen) atoms. The lowest BCUT2D eigenvalue weighted by molar-refractivity contribution is -0.135. The minimum atomic E-state index is -0.539. The fourth-order valence-electron chi connectivity index (χ4n) is 3.44. The molecule has 0 aromatic carbocycles. The first-order valence-electron chi connectivity index (χ1n) is 9.42. The van der Waals surface area contributed by atoms with Gasteiger partial charge in [0.2, 0.25) is 11.8 Å². The molecular weight excluding hydrogens is 350 g/mol. The number of amides is 3. The van der Waals surface area contributed by atoms with Crippen LogP contribution in [0.1, 0.15) is 49.7 Å². The molecular formula is C19H29N3O3S. The summed E-state index contributed by atoms with van der Waals surface area (Å²) >= 11 is 1.37. The van der Waals surface area contributed by atoms with E-state index in [1.165, 1.54) is 11.3 Å². The number of hydrogen-bond donors (Lipinski definition) is 1. The Morgan fingerprint density at radius 3 is 2.38 bits per heavy atom. The van der Waals surface area contributed by atoms with Crippen LogP contribution in [0.5, 0.6) is 0 Å². The minimum absolute atomic E-state index is 0.0276. The van der Waals surface area contributed by atoms with Crippen LogP contribution in [-0.4, -0.2) is 59.7 Å². The van der Waals surface area contributed by atoms with Gasteiger partial charge in [-0.2, -0.15) is 0 Å². The highest BCUT2D eigenvalue weighted by atomic mass is 32.1. The number of nitrogens with one attached hydrogen (secondary N) is 1. The number of likely N-dealkylation sites (tertiary alicyclic amines) is 1. The van der Waals surface area contributed by atoms with Crippen LogP contribution in [0, 0.1) is 5.92 Å². The normalized spacial score (nSPS) is 16.2. The maximum Gasteiger partial charge on any atom is 0.262 e. The van der Waals surface area contributed by atoms with Crippen molar-refractivity contribution in [2.45, 2.75) is 46.1 Å². The van der Waals surface area contributed by atoms with Gasteiger partial charge in [0, 0.05) is 32.6 Å². The number of piperidine rings is 1. The Hall–Kier alpha value is -1.89. The zero-order valence-corrected chi connectivity index (χ0v) is 16.7. The number of carbonyl (C=O) groups is 3. The monoisotopic (exact) mass is 379 g/mol. The van der Waals surface area contributed by atoms with Crippen LogP contribution in [0.3, 0.4) is 0 Å². The second-order valence-electron chi connectivity index (χ2n) is 6.51. The first-order chi connectivity index (χ1) is 12.5. The van der Waals surface area contributed by atoms with Crippen molar-refractivity contribution in [3.05, 3.63) is 22.4 Å². The Kier molecular flexibility index (Phi) is 7.63. The summed E-state index contributed by atoms with van der Waals surface area (Å²) in [7, 11) is 0. The molecule has 6 nitrogen and oxygen atoms in total. The van der Waals surface area contributed by atoms with Crippen LogP contribution in [-0.2, 0) is 9.59 Å². The molecule has 0 bridgehead atoms. The second-order valence-corrected chi connectivity index (χ2v) is 7.46. The highest BCUT2D eigenvalue weighted by Gasteiger charge is 2.35. The third-order valence-electron chi connectivity index (χ3n) is 5.04. The van der Waals surface area contributed by atoms with Crippen LogP contribution in [0.15, 0.2) is 17.5 Å². The molecule has 0 saturated carbocycles. The molecule has 1 aliphatic rings. The summed E-state index contributed by atoms with van der Waals surface area (Å²) in [4.78, 5) is 41.7. The molecule has 1 saturated heterocycles. The predicted octanol–water partition coefficient (Wildman–Crippen LogP) is 2.36. The topological polar surface area (TPSA) is 69.7 Å². The SMILES string of the molecule is CCC(=O)N1CCC([C@H](NC(=O)c2cccs2)C(=O)N(CC)CC)CC1. The van der Waals surface area contributed by atoms with E-state index in [-0.39, 0.29) is 23.6 Å². The third kappa shape index (κ3) is 4.84. The van der Waals surface area contributed by atoms with E-state index in [0.29, 0.717) is 37.5 Å². The molecule has 1 aliphatic heterocycles. The van der Waals surface area contributed by atoms with Crippen molar-refractivity contribution in [3.8, 4) is 0 Å². The summed E-state index contributed by atoms with van der Waals surface area (Å²) < 4.78 is 0. The summed E-state index contributed by atoms with van der Waals surface area (Å²) in [5.41, 5.74) is 0. The van der Waals surface area contributed by atoms with Gasteiger partial charge in [0.05, 0.1) is 4.88 Å². The molecule has 0 unspecified atom stereocenters. The van der Waals surface area contributed by atoms with Crippen molar-refractivity contribution in [2.75, 3.05) is 26.2 Å². The number of thiophene rings is 1. The molecule has 0 aliphatic carbocycles. The number of carbonyl (C=O) groups excluding carboxylic acids is 3. The second kappa shape index (κ2) is 9.71. The van der Waals surface area contributed by atoms with Gasteiger partial charge in [-0.05, 0) is 44.1 Å². The summed E-state index contributed by atoms with van der Waals surface area (Å²) in [6.45, 7) is 8.29. The Balaban J connectivity index is 2.11. The van der Waals surface area contributed by atoms with Crippen LogP contribution < -0.4 is 5.32 Å².